The molecule has 3 unspecified atom stereocenters. The van der Waals surface area contributed by atoms with Gasteiger partial charge in [0.05, 0.1) is 6.10 Å². The fourth-order valence-corrected chi connectivity index (χ4v) is 2.58. The molecule has 0 saturated carbocycles. The van der Waals surface area contributed by atoms with Crippen LogP contribution < -0.4 is 0 Å². The first kappa shape index (κ1) is 16.8. The number of hydrogen-bond acceptors (Lipinski definition) is 3. The van der Waals surface area contributed by atoms with Crippen molar-refractivity contribution in [1.82, 2.24) is 0 Å². The lowest BCUT2D eigenvalue weighted by Gasteiger charge is -2.20. The molecule has 0 fully saturated rings. The number of aliphatic hydroxyl groups is 1. The largest absolute Gasteiger partial charge is 0.393 e. The van der Waals surface area contributed by atoms with Gasteiger partial charge >= 0.3 is 0 Å². The van der Waals surface area contributed by atoms with E-state index in [1.807, 2.05) is 37.3 Å². The van der Waals surface area contributed by atoms with Gasteiger partial charge in [-0.05, 0) is 37.7 Å². The van der Waals surface area contributed by atoms with E-state index in [9.17, 15) is 10.0 Å². The van der Waals surface area contributed by atoms with Gasteiger partial charge in [-0.25, -0.2) is 0 Å². The molecule has 0 spiro atoms. The number of unbranched alkanes of at least 4 members (excludes halogenated alkanes) is 1. The van der Waals surface area contributed by atoms with E-state index in [1.165, 1.54) is 6.42 Å². The molecule has 3 atom stereocenters. The molecule has 3 heteroatoms. The van der Waals surface area contributed by atoms with Crippen molar-refractivity contribution in [3.63, 3.8) is 0 Å². The van der Waals surface area contributed by atoms with Gasteiger partial charge in [-0.2, -0.15) is 4.91 Å². The summed E-state index contributed by atoms with van der Waals surface area (Å²) in [5.74, 6) is 0.465. The SMILES string of the molecule is CCCCC(CCC(C)O)CC(N=O)c1ccccc1. The van der Waals surface area contributed by atoms with Crippen LogP contribution in [0.25, 0.3) is 0 Å². The molecule has 3 nitrogen and oxygen atoms in total. The van der Waals surface area contributed by atoms with Crippen LogP contribution >= 0.6 is 0 Å². The number of nitroso groups, excluding NO2 is 1. The molecule has 0 amide bonds. The summed E-state index contributed by atoms with van der Waals surface area (Å²) < 4.78 is 0. The van der Waals surface area contributed by atoms with Gasteiger partial charge in [0.2, 0.25) is 0 Å². The standard InChI is InChI=1S/C17H27NO2/c1-3-4-8-15(12-11-14(2)19)13-17(18-20)16-9-6-5-7-10-16/h5-7,9-10,14-15,17,19H,3-4,8,11-13H2,1-2H3. The Morgan fingerprint density at radius 3 is 2.40 bits per heavy atom. The van der Waals surface area contributed by atoms with E-state index in [-0.39, 0.29) is 12.1 Å². The molecule has 1 aromatic rings. The maximum atomic E-state index is 11.2. The number of hydrogen-bond donors (Lipinski definition) is 1. The van der Waals surface area contributed by atoms with Crippen molar-refractivity contribution in [3.8, 4) is 0 Å². The second-order valence-corrected chi connectivity index (χ2v) is 5.70. The highest BCUT2D eigenvalue weighted by molar-refractivity contribution is 5.19. The predicted molar refractivity (Wildman–Crippen MR) is 83.5 cm³/mol. The summed E-state index contributed by atoms with van der Waals surface area (Å²) >= 11 is 0. The third kappa shape index (κ3) is 6.29. The molecule has 0 aromatic heterocycles. The Morgan fingerprint density at radius 1 is 1.15 bits per heavy atom. The minimum atomic E-state index is -0.265. The third-order valence-electron chi connectivity index (χ3n) is 3.83. The molecule has 0 heterocycles. The van der Waals surface area contributed by atoms with E-state index in [1.54, 1.807) is 0 Å². The highest BCUT2D eigenvalue weighted by atomic mass is 16.3. The van der Waals surface area contributed by atoms with Gasteiger partial charge < -0.3 is 5.11 Å². The zero-order valence-electron chi connectivity index (χ0n) is 12.7. The molecule has 0 saturated heterocycles. The van der Waals surface area contributed by atoms with Gasteiger partial charge in [0.1, 0.15) is 6.04 Å². The van der Waals surface area contributed by atoms with Crippen LogP contribution in [0, 0.1) is 10.8 Å². The molecule has 112 valence electrons. The second kappa shape index (κ2) is 9.65. The summed E-state index contributed by atoms with van der Waals surface area (Å²) in [5.41, 5.74) is 1.00. The first-order valence-electron chi connectivity index (χ1n) is 7.72. The molecular formula is C17H27NO2. The smallest absolute Gasteiger partial charge is 0.117 e. The Morgan fingerprint density at radius 2 is 1.85 bits per heavy atom. The van der Waals surface area contributed by atoms with E-state index < -0.39 is 0 Å². The van der Waals surface area contributed by atoms with Gasteiger partial charge in [0.25, 0.3) is 0 Å². The van der Waals surface area contributed by atoms with E-state index in [4.69, 9.17) is 0 Å². The van der Waals surface area contributed by atoms with Crippen molar-refractivity contribution in [2.45, 2.75) is 64.5 Å². The van der Waals surface area contributed by atoms with Gasteiger partial charge in [0, 0.05) is 0 Å². The first-order valence-corrected chi connectivity index (χ1v) is 7.72. The molecular weight excluding hydrogens is 250 g/mol. The summed E-state index contributed by atoms with van der Waals surface area (Å²) in [4.78, 5) is 11.2. The van der Waals surface area contributed by atoms with Crippen molar-refractivity contribution in [2.24, 2.45) is 11.1 Å². The van der Waals surface area contributed by atoms with Crippen LogP contribution in [0.5, 0.6) is 0 Å². The Balaban J connectivity index is 2.62. The Hall–Kier alpha value is -1.22. The van der Waals surface area contributed by atoms with Crippen molar-refractivity contribution < 1.29 is 5.11 Å². The normalized spacial score (nSPS) is 15.6. The van der Waals surface area contributed by atoms with Crippen LogP contribution in [-0.2, 0) is 0 Å². The van der Waals surface area contributed by atoms with E-state index in [0.29, 0.717) is 5.92 Å². The van der Waals surface area contributed by atoms with Crippen LogP contribution in [0.15, 0.2) is 35.5 Å². The molecule has 0 aliphatic rings. The number of benzene rings is 1. The van der Waals surface area contributed by atoms with Gasteiger partial charge in [-0.15, -0.1) is 0 Å². The topological polar surface area (TPSA) is 49.7 Å². The predicted octanol–water partition coefficient (Wildman–Crippen LogP) is 4.85. The molecule has 0 bridgehead atoms. The molecule has 1 aromatic carbocycles. The fraction of sp³-hybridized carbons (Fsp3) is 0.647. The molecule has 0 aliphatic carbocycles. The summed E-state index contributed by atoms with van der Waals surface area (Å²) in [6, 6.07) is 9.53. The van der Waals surface area contributed by atoms with Crippen LogP contribution in [0.4, 0.5) is 0 Å². The van der Waals surface area contributed by atoms with Crippen LogP contribution in [0.1, 0.15) is 64.0 Å². The molecule has 1 rings (SSSR count). The Kier molecular flexibility index (Phi) is 8.12. The maximum absolute atomic E-state index is 11.2. The lowest BCUT2D eigenvalue weighted by atomic mass is 9.87. The van der Waals surface area contributed by atoms with Crippen LogP contribution in [0.3, 0.4) is 0 Å². The second-order valence-electron chi connectivity index (χ2n) is 5.70. The summed E-state index contributed by atoms with van der Waals surface area (Å²) in [6.07, 6.45) is 5.74. The average Bonchev–Trinajstić information content (AvgIpc) is 2.47. The van der Waals surface area contributed by atoms with E-state index in [0.717, 1.165) is 37.7 Å². The lowest BCUT2D eigenvalue weighted by Crippen LogP contribution is -2.10. The Labute approximate surface area is 122 Å². The zero-order valence-corrected chi connectivity index (χ0v) is 12.7. The van der Waals surface area contributed by atoms with Crippen molar-refractivity contribution >= 4 is 0 Å². The summed E-state index contributed by atoms with van der Waals surface area (Å²) in [7, 11) is 0. The first-order chi connectivity index (χ1) is 9.67. The van der Waals surface area contributed by atoms with E-state index in [2.05, 4.69) is 12.1 Å². The maximum Gasteiger partial charge on any atom is 0.117 e. The molecule has 0 aliphatic heterocycles. The highest BCUT2D eigenvalue weighted by Gasteiger charge is 2.19. The lowest BCUT2D eigenvalue weighted by molar-refractivity contribution is 0.169. The highest BCUT2D eigenvalue weighted by Crippen LogP contribution is 2.30. The fourth-order valence-electron chi connectivity index (χ4n) is 2.58. The molecule has 0 radical (unpaired) electrons. The minimum absolute atomic E-state index is 0.257. The van der Waals surface area contributed by atoms with Gasteiger partial charge in [-0.1, -0.05) is 61.7 Å². The molecule has 20 heavy (non-hydrogen) atoms. The molecule has 1 N–H and O–H groups in total. The van der Waals surface area contributed by atoms with Crippen molar-refractivity contribution in [2.75, 3.05) is 0 Å². The quantitative estimate of drug-likeness (QED) is 0.621. The monoisotopic (exact) mass is 277 g/mol. The van der Waals surface area contributed by atoms with Gasteiger partial charge in [-0.3, -0.25) is 0 Å². The average molecular weight is 277 g/mol. The number of rotatable bonds is 10. The van der Waals surface area contributed by atoms with E-state index >= 15 is 0 Å². The van der Waals surface area contributed by atoms with Crippen molar-refractivity contribution in [1.29, 1.82) is 0 Å². The number of aliphatic hydroxyl groups excluding tert-OH is 1. The van der Waals surface area contributed by atoms with Crippen LogP contribution in [-0.4, -0.2) is 11.2 Å². The van der Waals surface area contributed by atoms with Gasteiger partial charge in [0.15, 0.2) is 0 Å². The summed E-state index contributed by atoms with van der Waals surface area (Å²) in [5, 5.41) is 12.8. The number of nitrogens with zero attached hydrogens (tertiary/aromatic N) is 1. The van der Waals surface area contributed by atoms with Crippen LogP contribution in [0.2, 0.25) is 0 Å². The minimum Gasteiger partial charge on any atom is -0.393 e. The third-order valence-corrected chi connectivity index (χ3v) is 3.83. The zero-order chi connectivity index (χ0) is 14.8. The van der Waals surface area contributed by atoms with Crippen molar-refractivity contribution in [3.05, 3.63) is 40.8 Å². The summed E-state index contributed by atoms with van der Waals surface area (Å²) in [6.45, 7) is 4.00. The Bertz CT molecular complexity index is 365.